The van der Waals surface area contributed by atoms with Gasteiger partial charge in [0.15, 0.2) is 0 Å². The molecule has 0 radical (unpaired) electrons. The van der Waals surface area contributed by atoms with Gasteiger partial charge >= 0.3 is 0 Å². The highest BCUT2D eigenvalue weighted by Crippen LogP contribution is 2.68. The summed E-state index contributed by atoms with van der Waals surface area (Å²) in [5, 5.41) is 12.0. The maximum absolute atomic E-state index is 12.2. The maximum atomic E-state index is 12.2. The molecule has 3 heteroatoms. The molecule has 20 heavy (non-hydrogen) atoms. The molecule has 1 amide bonds. The number of carbonyl (C=O) groups is 1. The number of hydrogen-bond donors (Lipinski definition) is 2. The SMILES string of the molecule is CC1(C)C(C(=O)NCCc2ccc(CO)cc2)C1(C)C. The molecule has 3 nitrogen and oxygen atoms in total. The van der Waals surface area contributed by atoms with Gasteiger partial charge in [-0.2, -0.15) is 0 Å². The predicted molar refractivity (Wildman–Crippen MR) is 80.1 cm³/mol. The van der Waals surface area contributed by atoms with E-state index in [0.29, 0.717) is 6.54 Å². The molecule has 1 fully saturated rings. The van der Waals surface area contributed by atoms with Gasteiger partial charge in [-0.05, 0) is 28.4 Å². The van der Waals surface area contributed by atoms with E-state index < -0.39 is 0 Å². The standard InChI is InChI=1S/C17H25NO2/c1-16(2)14(17(16,3)4)15(20)18-10-9-12-5-7-13(11-19)8-6-12/h5-8,14,19H,9-11H2,1-4H3,(H,18,20). The third-order valence-corrected chi connectivity index (χ3v) is 5.20. The topological polar surface area (TPSA) is 49.3 Å². The number of nitrogens with one attached hydrogen (secondary N) is 1. The number of aliphatic hydroxyl groups is 1. The van der Waals surface area contributed by atoms with Gasteiger partial charge in [0.1, 0.15) is 0 Å². The molecule has 1 aromatic carbocycles. The molecule has 0 aromatic heterocycles. The van der Waals surface area contributed by atoms with E-state index >= 15 is 0 Å². The van der Waals surface area contributed by atoms with Crippen molar-refractivity contribution in [2.75, 3.05) is 6.54 Å². The summed E-state index contributed by atoms with van der Waals surface area (Å²) >= 11 is 0. The van der Waals surface area contributed by atoms with Gasteiger partial charge in [-0.1, -0.05) is 52.0 Å². The van der Waals surface area contributed by atoms with Crippen LogP contribution in [0.1, 0.15) is 38.8 Å². The quantitative estimate of drug-likeness (QED) is 0.867. The van der Waals surface area contributed by atoms with Crippen LogP contribution in [0.5, 0.6) is 0 Å². The van der Waals surface area contributed by atoms with Crippen LogP contribution in [0.2, 0.25) is 0 Å². The Hall–Kier alpha value is -1.35. The van der Waals surface area contributed by atoms with Gasteiger partial charge in [-0.3, -0.25) is 4.79 Å². The molecule has 0 heterocycles. The van der Waals surface area contributed by atoms with Crippen molar-refractivity contribution >= 4 is 5.91 Å². The number of aliphatic hydroxyl groups excluding tert-OH is 1. The van der Waals surface area contributed by atoms with Crippen molar-refractivity contribution in [3.05, 3.63) is 35.4 Å². The zero-order valence-corrected chi connectivity index (χ0v) is 12.9. The summed E-state index contributed by atoms with van der Waals surface area (Å²) in [6.07, 6.45) is 0.824. The Morgan fingerprint density at radius 1 is 1.10 bits per heavy atom. The lowest BCUT2D eigenvalue weighted by molar-refractivity contribution is -0.123. The Morgan fingerprint density at radius 3 is 2.05 bits per heavy atom. The van der Waals surface area contributed by atoms with Gasteiger partial charge in [0.05, 0.1) is 6.61 Å². The highest BCUT2D eigenvalue weighted by Gasteiger charge is 2.68. The summed E-state index contributed by atoms with van der Waals surface area (Å²) in [6.45, 7) is 9.37. The third-order valence-electron chi connectivity index (χ3n) is 5.20. The number of benzene rings is 1. The van der Waals surface area contributed by atoms with Crippen molar-refractivity contribution in [3.8, 4) is 0 Å². The largest absolute Gasteiger partial charge is 0.392 e. The van der Waals surface area contributed by atoms with E-state index in [1.807, 2.05) is 24.3 Å². The first kappa shape index (κ1) is 15.0. The van der Waals surface area contributed by atoms with Crippen molar-refractivity contribution in [1.29, 1.82) is 0 Å². The van der Waals surface area contributed by atoms with Gasteiger partial charge in [-0.15, -0.1) is 0 Å². The average Bonchev–Trinajstić information content (AvgIpc) is 2.80. The van der Waals surface area contributed by atoms with Crippen LogP contribution < -0.4 is 5.32 Å². The fourth-order valence-electron chi connectivity index (χ4n) is 3.10. The number of amides is 1. The molecule has 0 spiro atoms. The van der Waals surface area contributed by atoms with Crippen LogP contribution in [-0.4, -0.2) is 17.6 Å². The normalized spacial score (nSPS) is 19.6. The first-order valence-corrected chi connectivity index (χ1v) is 7.27. The number of rotatable bonds is 5. The minimum absolute atomic E-state index is 0.0723. The van der Waals surface area contributed by atoms with Crippen LogP contribution in [0.25, 0.3) is 0 Å². The van der Waals surface area contributed by atoms with Crippen LogP contribution in [0.15, 0.2) is 24.3 Å². The van der Waals surface area contributed by atoms with Crippen LogP contribution in [0.3, 0.4) is 0 Å². The molecular weight excluding hydrogens is 250 g/mol. The molecule has 1 aliphatic rings. The second kappa shape index (κ2) is 5.21. The molecule has 1 aliphatic carbocycles. The van der Waals surface area contributed by atoms with Gasteiger partial charge < -0.3 is 10.4 Å². The first-order valence-electron chi connectivity index (χ1n) is 7.27. The molecule has 0 atom stereocenters. The van der Waals surface area contributed by atoms with Crippen molar-refractivity contribution in [1.82, 2.24) is 5.32 Å². The molecule has 2 rings (SSSR count). The Kier molecular flexibility index (Phi) is 3.92. The van der Waals surface area contributed by atoms with E-state index in [1.165, 1.54) is 5.56 Å². The van der Waals surface area contributed by atoms with Crippen LogP contribution in [-0.2, 0) is 17.8 Å². The van der Waals surface area contributed by atoms with Crippen molar-refractivity contribution in [2.24, 2.45) is 16.7 Å². The van der Waals surface area contributed by atoms with E-state index in [0.717, 1.165) is 12.0 Å². The number of hydrogen-bond acceptors (Lipinski definition) is 2. The van der Waals surface area contributed by atoms with Gasteiger partial charge in [0, 0.05) is 12.5 Å². The van der Waals surface area contributed by atoms with E-state index in [2.05, 4.69) is 33.0 Å². The molecule has 0 saturated heterocycles. The minimum atomic E-state index is 0.0723. The lowest BCUT2D eigenvalue weighted by Crippen LogP contribution is -2.29. The monoisotopic (exact) mass is 275 g/mol. The van der Waals surface area contributed by atoms with E-state index in [9.17, 15) is 4.79 Å². The highest BCUT2D eigenvalue weighted by atomic mass is 16.3. The summed E-state index contributed by atoms with van der Waals surface area (Å²) in [4.78, 5) is 12.2. The minimum Gasteiger partial charge on any atom is -0.392 e. The average molecular weight is 275 g/mol. The second-order valence-electron chi connectivity index (χ2n) is 6.89. The Balaban J connectivity index is 1.80. The van der Waals surface area contributed by atoms with Crippen molar-refractivity contribution < 1.29 is 9.90 Å². The Bertz CT molecular complexity index is 474. The molecule has 0 bridgehead atoms. The maximum Gasteiger partial charge on any atom is 0.224 e. The molecule has 0 unspecified atom stereocenters. The fourth-order valence-corrected chi connectivity index (χ4v) is 3.10. The zero-order valence-electron chi connectivity index (χ0n) is 12.9. The summed E-state index contributed by atoms with van der Waals surface area (Å²) in [5.41, 5.74) is 2.29. The lowest BCUT2D eigenvalue weighted by Gasteiger charge is -2.07. The third kappa shape index (κ3) is 2.59. The molecular formula is C17H25NO2. The van der Waals surface area contributed by atoms with Crippen molar-refractivity contribution in [2.45, 2.75) is 40.7 Å². The summed E-state index contributed by atoms with van der Waals surface area (Å²) in [7, 11) is 0. The van der Waals surface area contributed by atoms with Crippen LogP contribution in [0.4, 0.5) is 0 Å². The van der Waals surface area contributed by atoms with Crippen molar-refractivity contribution in [3.63, 3.8) is 0 Å². The Labute approximate surface area is 121 Å². The van der Waals surface area contributed by atoms with E-state index in [1.54, 1.807) is 0 Å². The highest BCUT2D eigenvalue weighted by molar-refractivity contribution is 5.84. The smallest absolute Gasteiger partial charge is 0.224 e. The van der Waals surface area contributed by atoms with Crippen LogP contribution in [0, 0.1) is 16.7 Å². The fraction of sp³-hybridized carbons (Fsp3) is 0.588. The van der Waals surface area contributed by atoms with E-state index in [4.69, 9.17) is 5.11 Å². The summed E-state index contributed by atoms with van der Waals surface area (Å²) < 4.78 is 0. The summed E-state index contributed by atoms with van der Waals surface area (Å²) in [5.74, 6) is 0.291. The predicted octanol–water partition coefficient (Wildman–Crippen LogP) is 2.52. The second-order valence-corrected chi connectivity index (χ2v) is 6.89. The zero-order chi connectivity index (χ0) is 15.0. The van der Waals surface area contributed by atoms with E-state index in [-0.39, 0.29) is 29.3 Å². The summed E-state index contributed by atoms with van der Waals surface area (Å²) in [6, 6.07) is 7.85. The van der Waals surface area contributed by atoms with Gasteiger partial charge in [-0.25, -0.2) is 0 Å². The molecule has 1 saturated carbocycles. The number of carbonyl (C=O) groups excluding carboxylic acids is 1. The molecule has 0 aliphatic heterocycles. The van der Waals surface area contributed by atoms with Gasteiger partial charge in [0.2, 0.25) is 5.91 Å². The first-order chi connectivity index (χ1) is 9.30. The Morgan fingerprint density at radius 2 is 1.60 bits per heavy atom. The van der Waals surface area contributed by atoms with Gasteiger partial charge in [0.25, 0.3) is 0 Å². The molecule has 110 valence electrons. The lowest BCUT2D eigenvalue weighted by atomic mass is 10.0. The van der Waals surface area contributed by atoms with Crippen LogP contribution >= 0.6 is 0 Å². The molecule has 1 aromatic rings. The molecule has 2 N–H and O–H groups in total.